The highest BCUT2D eigenvalue weighted by Crippen LogP contribution is 2.31. The first-order chi connectivity index (χ1) is 11.8. The molecule has 0 bridgehead atoms. The van der Waals surface area contributed by atoms with Crippen LogP contribution in [0.4, 0.5) is 5.69 Å². The van der Waals surface area contributed by atoms with Crippen molar-refractivity contribution >= 4 is 32.5 Å². The zero-order valence-electron chi connectivity index (χ0n) is 15.0. The Balaban J connectivity index is 2.39. The highest BCUT2D eigenvalue weighted by Gasteiger charge is 2.24. The van der Waals surface area contributed by atoms with Gasteiger partial charge in [-0.3, -0.25) is 4.79 Å². The maximum absolute atomic E-state index is 13.0. The van der Waals surface area contributed by atoms with Gasteiger partial charge in [0.05, 0.1) is 17.9 Å². The number of carbonyl (C=O) groups is 1. The highest BCUT2D eigenvalue weighted by molar-refractivity contribution is 7.89. The van der Waals surface area contributed by atoms with Gasteiger partial charge in [-0.05, 0) is 19.1 Å². The number of hydrogen-bond donors (Lipinski definition) is 0. The smallest absolute Gasteiger partial charge is 0.307 e. The summed E-state index contributed by atoms with van der Waals surface area (Å²) in [7, 11) is 1.60. The molecule has 0 saturated heterocycles. The molecule has 0 aliphatic heterocycles. The molecule has 0 unspecified atom stereocenters. The lowest BCUT2D eigenvalue weighted by molar-refractivity contribution is -0.143. The molecule has 0 radical (unpaired) electrons. The fourth-order valence-electron chi connectivity index (χ4n) is 2.65. The van der Waals surface area contributed by atoms with E-state index in [9.17, 15) is 13.2 Å². The van der Waals surface area contributed by atoms with Gasteiger partial charge in [-0.2, -0.15) is 0 Å². The Hall–Kier alpha value is -2.12. The normalized spacial score (nSPS) is 11.7. The number of sulfonamides is 1. The van der Waals surface area contributed by atoms with Crippen LogP contribution in [0, 0.1) is 0 Å². The molecule has 0 heterocycles. The lowest BCUT2D eigenvalue weighted by atomic mass is 10.1. The number of rotatable bonds is 7. The summed E-state index contributed by atoms with van der Waals surface area (Å²) < 4.78 is 32.0. The maximum Gasteiger partial charge on any atom is 0.307 e. The van der Waals surface area contributed by atoms with Crippen LogP contribution >= 0.6 is 0 Å². The van der Waals surface area contributed by atoms with Gasteiger partial charge in [-0.15, -0.1) is 0 Å². The summed E-state index contributed by atoms with van der Waals surface area (Å²) in [6, 6.07) is 10.8. The van der Waals surface area contributed by atoms with Crippen molar-refractivity contribution < 1.29 is 17.9 Å². The third kappa shape index (κ3) is 4.11. The van der Waals surface area contributed by atoms with Gasteiger partial charge < -0.3 is 9.64 Å². The Kier molecular flexibility index (Phi) is 6.02. The SMILES string of the molecule is CCOC(=O)CCN(C)S(=O)(=O)c1cccc2c(N(C)C)cccc12. The molecule has 0 spiro atoms. The third-order valence-corrected chi connectivity index (χ3v) is 5.88. The highest BCUT2D eigenvalue weighted by atomic mass is 32.2. The van der Waals surface area contributed by atoms with Crippen molar-refractivity contribution in [2.75, 3.05) is 39.2 Å². The Morgan fingerprint density at radius 3 is 2.32 bits per heavy atom. The van der Waals surface area contributed by atoms with E-state index in [1.54, 1.807) is 25.1 Å². The molecule has 2 aromatic rings. The van der Waals surface area contributed by atoms with Crippen molar-refractivity contribution in [3.05, 3.63) is 36.4 Å². The van der Waals surface area contributed by atoms with Gasteiger partial charge in [-0.1, -0.05) is 24.3 Å². The lowest BCUT2D eigenvalue weighted by Gasteiger charge is -2.20. The second-order valence-electron chi connectivity index (χ2n) is 5.90. The van der Waals surface area contributed by atoms with Crippen LogP contribution in [0.1, 0.15) is 13.3 Å². The second kappa shape index (κ2) is 7.84. The maximum atomic E-state index is 13.0. The molecule has 6 nitrogen and oxygen atoms in total. The van der Waals surface area contributed by atoms with Gasteiger partial charge in [0.25, 0.3) is 0 Å². The van der Waals surface area contributed by atoms with E-state index in [0.717, 1.165) is 11.1 Å². The molecule has 0 atom stereocenters. The van der Waals surface area contributed by atoms with Crippen molar-refractivity contribution in [2.24, 2.45) is 0 Å². The molecule has 0 aliphatic carbocycles. The first kappa shape index (κ1) is 19.2. The van der Waals surface area contributed by atoms with Gasteiger partial charge in [0.2, 0.25) is 10.0 Å². The van der Waals surface area contributed by atoms with Gasteiger partial charge in [0.1, 0.15) is 0 Å². The third-order valence-electron chi connectivity index (χ3n) is 3.97. The van der Waals surface area contributed by atoms with E-state index in [2.05, 4.69) is 0 Å². The van der Waals surface area contributed by atoms with Crippen LogP contribution in [0.5, 0.6) is 0 Å². The molecule has 25 heavy (non-hydrogen) atoms. The van der Waals surface area contributed by atoms with Gasteiger partial charge in [0, 0.05) is 44.1 Å². The lowest BCUT2D eigenvalue weighted by Crippen LogP contribution is -2.29. The van der Waals surface area contributed by atoms with Crippen molar-refractivity contribution in [1.29, 1.82) is 0 Å². The predicted octanol–water partition coefficient (Wildman–Crippen LogP) is 2.48. The molecule has 0 aromatic heterocycles. The van der Waals surface area contributed by atoms with E-state index < -0.39 is 16.0 Å². The fourth-order valence-corrected chi connectivity index (χ4v) is 4.02. The minimum absolute atomic E-state index is 0.0251. The monoisotopic (exact) mass is 364 g/mol. The number of hydrogen-bond acceptors (Lipinski definition) is 5. The van der Waals surface area contributed by atoms with Crippen LogP contribution in [-0.2, 0) is 19.6 Å². The minimum atomic E-state index is -3.71. The second-order valence-corrected chi connectivity index (χ2v) is 7.92. The van der Waals surface area contributed by atoms with Crippen molar-refractivity contribution in [3.63, 3.8) is 0 Å². The number of fused-ring (bicyclic) bond motifs is 1. The topological polar surface area (TPSA) is 66.9 Å². The minimum Gasteiger partial charge on any atom is -0.466 e. The zero-order valence-corrected chi connectivity index (χ0v) is 15.8. The van der Waals surface area contributed by atoms with Crippen LogP contribution in [0.3, 0.4) is 0 Å². The summed E-state index contributed by atoms with van der Waals surface area (Å²) in [4.78, 5) is 13.7. The molecule has 2 rings (SSSR count). The fraction of sp³-hybridized carbons (Fsp3) is 0.389. The molecule has 136 valence electrons. The summed E-state index contributed by atoms with van der Waals surface area (Å²) in [6.07, 6.45) is 0.0251. The molecular weight excluding hydrogens is 340 g/mol. The molecule has 7 heteroatoms. The van der Waals surface area contributed by atoms with Crippen LogP contribution in [0.15, 0.2) is 41.3 Å². The summed E-state index contributed by atoms with van der Waals surface area (Å²) in [5, 5.41) is 1.53. The number of esters is 1. The summed E-state index contributed by atoms with van der Waals surface area (Å²) in [5.41, 5.74) is 0.948. The van der Waals surface area contributed by atoms with E-state index in [-0.39, 0.29) is 24.5 Å². The van der Waals surface area contributed by atoms with E-state index in [0.29, 0.717) is 5.39 Å². The summed E-state index contributed by atoms with van der Waals surface area (Å²) >= 11 is 0. The summed E-state index contributed by atoms with van der Waals surface area (Å²) in [6.45, 7) is 2.08. The van der Waals surface area contributed by atoms with E-state index in [1.165, 1.54) is 11.4 Å². The standard InChI is InChI=1S/C18H24N2O4S/c1-5-24-18(21)12-13-20(4)25(22,23)17-11-7-8-14-15(17)9-6-10-16(14)19(2)3/h6-11H,5,12-13H2,1-4H3. The Labute approximate surface area is 149 Å². The Morgan fingerprint density at radius 1 is 1.04 bits per heavy atom. The number of ether oxygens (including phenoxy) is 1. The number of carbonyl (C=O) groups excluding carboxylic acids is 1. The van der Waals surface area contributed by atoms with E-state index in [4.69, 9.17) is 4.74 Å². The number of nitrogens with zero attached hydrogens (tertiary/aromatic N) is 2. The number of anilines is 1. The molecule has 0 N–H and O–H groups in total. The van der Waals surface area contributed by atoms with Crippen LogP contribution < -0.4 is 4.90 Å². The average Bonchev–Trinajstić information content (AvgIpc) is 2.58. The van der Waals surface area contributed by atoms with Crippen molar-refractivity contribution in [3.8, 4) is 0 Å². The summed E-state index contributed by atoms with van der Waals surface area (Å²) in [5.74, 6) is -0.405. The van der Waals surface area contributed by atoms with Gasteiger partial charge in [0.15, 0.2) is 0 Å². The molecule has 0 amide bonds. The van der Waals surface area contributed by atoms with Crippen LogP contribution in [0.2, 0.25) is 0 Å². The van der Waals surface area contributed by atoms with Crippen LogP contribution in [0.25, 0.3) is 10.8 Å². The molecule has 0 aliphatic rings. The van der Waals surface area contributed by atoms with Gasteiger partial charge >= 0.3 is 5.97 Å². The van der Waals surface area contributed by atoms with Crippen molar-refractivity contribution in [2.45, 2.75) is 18.2 Å². The molecule has 0 saturated carbocycles. The quantitative estimate of drug-likeness (QED) is 0.706. The average molecular weight is 364 g/mol. The Morgan fingerprint density at radius 2 is 1.68 bits per heavy atom. The van der Waals surface area contributed by atoms with E-state index >= 15 is 0 Å². The first-order valence-corrected chi connectivity index (χ1v) is 9.54. The zero-order chi connectivity index (χ0) is 18.6. The van der Waals surface area contributed by atoms with Crippen LogP contribution in [-0.4, -0.2) is 53.0 Å². The molecular formula is C18H24N2O4S. The van der Waals surface area contributed by atoms with E-state index in [1.807, 2.05) is 37.2 Å². The Bertz CT molecular complexity index is 863. The predicted molar refractivity (Wildman–Crippen MR) is 99.3 cm³/mol. The molecule has 2 aromatic carbocycles. The van der Waals surface area contributed by atoms with Gasteiger partial charge in [-0.25, -0.2) is 12.7 Å². The van der Waals surface area contributed by atoms with Crippen molar-refractivity contribution in [1.82, 2.24) is 4.31 Å². The number of benzene rings is 2. The first-order valence-electron chi connectivity index (χ1n) is 8.10. The largest absolute Gasteiger partial charge is 0.466 e. The molecule has 0 fully saturated rings.